The molecule has 650 valence electrons. The summed E-state index contributed by atoms with van der Waals surface area (Å²) in [5, 5.41) is 116. The number of aliphatic hydroxyl groups is 10. The van der Waals surface area contributed by atoms with Gasteiger partial charge in [0.1, 0.15) is 73.1 Å². The first-order valence-electron chi connectivity index (χ1n) is 37.8. The third-order valence-corrected chi connectivity index (χ3v) is 19.9. The van der Waals surface area contributed by atoms with E-state index in [2.05, 4.69) is 31.9 Å². The van der Waals surface area contributed by atoms with Gasteiger partial charge in [-0.25, -0.2) is 9.13 Å². The van der Waals surface area contributed by atoms with E-state index in [1.54, 1.807) is 0 Å². The summed E-state index contributed by atoms with van der Waals surface area (Å²) >= 11 is 0. The number of carbonyl (C=O) groups excluding carboxylic acids is 9. The van der Waals surface area contributed by atoms with Crippen molar-refractivity contribution in [3.8, 4) is 0 Å². The van der Waals surface area contributed by atoms with Gasteiger partial charge in [-0.05, 0) is 57.8 Å². The van der Waals surface area contributed by atoms with Gasteiger partial charge in [0.15, 0.2) is 18.9 Å². The van der Waals surface area contributed by atoms with E-state index in [9.17, 15) is 113 Å². The molecule has 0 spiro atoms. The smallest absolute Gasteiger partial charge is 0.395 e. The predicted octanol–water partition coefficient (Wildman–Crippen LogP) is -5.37. The lowest BCUT2D eigenvalue weighted by Gasteiger charge is -2.42. The first-order valence-corrected chi connectivity index (χ1v) is 40.8. The molecule has 3 heterocycles. The fourth-order valence-corrected chi connectivity index (χ4v) is 13.2. The molecule has 0 aliphatic carbocycles. The molecule has 3 aliphatic heterocycles. The van der Waals surface area contributed by atoms with Gasteiger partial charge in [-0.1, -0.05) is 19.3 Å². The number of methoxy groups -OCH3 is 1. The van der Waals surface area contributed by atoms with Crippen molar-refractivity contribution in [3.05, 3.63) is 0 Å². The monoisotopic (exact) mass is 1660 g/mol. The maximum atomic E-state index is 13.7. The number of phosphoric acid groups is 2. The molecule has 3 saturated heterocycles. The van der Waals surface area contributed by atoms with Crippen molar-refractivity contribution in [3.63, 3.8) is 0 Å². The normalized spacial score (nSPS) is 24.8. The third kappa shape index (κ3) is 40.1. The van der Waals surface area contributed by atoms with Crippen LogP contribution in [0, 0.1) is 0 Å². The van der Waals surface area contributed by atoms with Crippen molar-refractivity contribution in [1.82, 2.24) is 46.6 Å². The second-order valence-corrected chi connectivity index (χ2v) is 29.7. The van der Waals surface area contributed by atoms with E-state index in [-0.39, 0.29) is 148 Å². The van der Waals surface area contributed by atoms with Gasteiger partial charge in [0.25, 0.3) is 0 Å². The molecule has 9 amide bonds. The van der Waals surface area contributed by atoms with E-state index < -0.39 is 209 Å². The van der Waals surface area contributed by atoms with Crippen LogP contribution in [0.25, 0.3) is 0 Å². The van der Waals surface area contributed by atoms with Gasteiger partial charge in [-0.15, -0.1) is 0 Å². The van der Waals surface area contributed by atoms with Gasteiger partial charge in [-0.2, -0.15) is 0 Å². The SMILES string of the molecule is COCCN(CCOP(=O)(O)OCCN(CCOP(=O)(O)OCCN(CCO)C(=O)CCCNC(=O)CCCCCOC1OC(CO)C(O)C(O)C1NC(C)=O)C(=O)CCCNC(=O)CCCCCOC1OC(CO)C(O)C(O)C1NC(C)=O)C(=O)CCCNC(=O)CCCCCOC1OC(CO)C(O)C(O)C1NC(C)=O. The first-order chi connectivity index (χ1) is 53.3. The van der Waals surface area contributed by atoms with Gasteiger partial charge in [0.05, 0.1) is 59.5 Å². The highest BCUT2D eigenvalue weighted by atomic mass is 31.2. The number of aliphatic hydroxyl groups excluding tert-OH is 10. The second-order valence-electron chi connectivity index (χ2n) is 26.8. The molecule has 0 radical (unpaired) electrons. The van der Waals surface area contributed by atoms with Crippen LogP contribution in [-0.4, -0.2) is 366 Å². The van der Waals surface area contributed by atoms with Gasteiger partial charge < -0.3 is 141 Å². The zero-order valence-electron chi connectivity index (χ0n) is 64.3. The Labute approximate surface area is 651 Å². The van der Waals surface area contributed by atoms with Crippen LogP contribution in [0.5, 0.6) is 0 Å². The summed E-state index contributed by atoms with van der Waals surface area (Å²) < 4.78 is 85.8. The molecule has 0 aromatic carbocycles. The third-order valence-electron chi connectivity index (χ3n) is 17.9. The Morgan fingerprint density at radius 1 is 0.357 bits per heavy atom. The van der Waals surface area contributed by atoms with Crippen LogP contribution < -0.4 is 31.9 Å². The van der Waals surface area contributed by atoms with Gasteiger partial charge in [-0.3, -0.25) is 61.2 Å². The highest BCUT2D eigenvalue weighted by Crippen LogP contribution is 2.44. The van der Waals surface area contributed by atoms with E-state index in [1.165, 1.54) is 37.7 Å². The molecule has 3 aliphatic rings. The van der Waals surface area contributed by atoms with E-state index in [0.717, 1.165) is 4.90 Å². The van der Waals surface area contributed by atoms with Crippen LogP contribution in [0.15, 0.2) is 0 Å². The number of amides is 9. The van der Waals surface area contributed by atoms with Crippen LogP contribution in [0.3, 0.4) is 0 Å². The summed E-state index contributed by atoms with van der Waals surface area (Å²) in [5.41, 5.74) is 0. The Morgan fingerprint density at radius 3 is 0.875 bits per heavy atom. The van der Waals surface area contributed by atoms with Crippen molar-refractivity contribution in [2.75, 3.05) is 145 Å². The molecule has 45 heteroatoms. The number of hydrogen-bond donors (Lipinski definition) is 18. The van der Waals surface area contributed by atoms with E-state index in [0.29, 0.717) is 57.8 Å². The Kier molecular flexibility index (Phi) is 50.6. The fraction of sp³-hybridized carbons (Fsp3) is 0.866. The van der Waals surface area contributed by atoms with Crippen molar-refractivity contribution in [2.45, 2.75) is 228 Å². The Hall–Kier alpha value is -5.23. The van der Waals surface area contributed by atoms with Crippen LogP contribution in [-0.2, 0) is 104 Å². The van der Waals surface area contributed by atoms with Gasteiger partial charge >= 0.3 is 15.6 Å². The van der Waals surface area contributed by atoms with Crippen molar-refractivity contribution >= 4 is 68.8 Å². The summed E-state index contributed by atoms with van der Waals surface area (Å²) in [5.74, 6) is -3.89. The minimum absolute atomic E-state index is 0.0311. The lowest BCUT2D eigenvalue weighted by atomic mass is 9.97. The average molecular weight is 1660 g/mol. The minimum atomic E-state index is -4.91. The van der Waals surface area contributed by atoms with Crippen LogP contribution >= 0.6 is 15.6 Å². The summed E-state index contributed by atoms with van der Waals surface area (Å²) in [7, 11) is -8.39. The zero-order chi connectivity index (χ0) is 83.2. The zero-order valence-corrected chi connectivity index (χ0v) is 66.1. The minimum Gasteiger partial charge on any atom is -0.395 e. The topological polar surface area (TPSA) is 614 Å². The maximum Gasteiger partial charge on any atom is 0.472 e. The Bertz CT molecular complexity index is 2870. The molecule has 0 bridgehead atoms. The van der Waals surface area contributed by atoms with Crippen LogP contribution in [0.1, 0.15) is 136 Å². The molecule has 0 saturated carbocycles. The largest absolute Gasteiger partial charge is 0.472 e. The van der Waals surface area contributed by atoms with Crippen LogP contribution in [0.2, 0.25) is 0 Å². The van der Waals surface area contributed by atoms with Crippen molar-refractivity contribution in [1.29, 1.82) is 0 Å². The Morgan fingerprint density at radius 2 is 0.625 bits per heavy atom. The average Bonchev–Trinajstić information content (AvgIpc) is 0.819. The molecule has 43 nitrogen and oxygen atoms in total. The molecule has 112 heavy (non-hydrogen) atoms. The number of phosphoric ester groups is 2. The molecule has 3 rings (SSSR count). The van der Waals surface area contributed by atoms with E-state index in [1.807, 2.05) is 0 Å². The fourth-order valence-electron chi connectivity index (χ4n) is 11.8. The summed E-state index contributed by atoms with van der Waals surface area (Å²) in [6.07, 6.45) is -10.9. The number of hydrogen-bond acceptors (Lipinski definition) is 32. The van der Waals surface area contributed by atoms with Crippen molar-refractivity contribution < 1.29 is 164 Å². The quantitative estimate of drug-likeness (QED) is 0.0200. The molecule has 0 aromatic rings. The number of ether oxygens (including phenoxy) is 7. The molecule has 3 fully saturated rings. The highest BCUT2D eigenvalue weighted by Gasteiger charge is 2.48. The van der Waals surface area contributed by atoms with Crippen LogP contribution in [0.4, 0.5) is 0 Å². The summed E-state index contributed by atoms with van der Waals surface area (Å²) in [6.45, 7) is -1.66. The number of nitrogens with one attached hydrogen (secondary N) is 6. The molecule has 18 N–H and O–H groups in total. The number of carbonyl (C=O) groups is 9. The molecule has 17 atom stereocenters. The second kappa shape index (κ2) is 56.2. The number of rotatable bonds is 60. The molecule has 17 unspecified atom stereocenters. The molecule has 0 aromatic heterocycles. The van der Waals surface area contributed by atoms with Gasteiger partial charge in [0, 0.05) is 145 Å². The standard InChI is InChI=1S/C67H123N9O34P2/c1-44(81)71-56-62(93)59(90)47(41-78)108-65(56)101-33-11-5-8-17-50(84)68-23-14-20-53(87)74(26-32-77)28-37-104-111(96,97)106-39-30-76(55(89)22-16-25-70-52(86)19-10-7-13-35-103-67-58(73-46(3)83)64(95)61(92)49(43-80)110-67)31-40-107-112(98,99)105-38-29-75(27-36-100-4)54(88)21-15-24-69-51(85)18-9-6-12-34-102-66-57(72-45(2)82)63(94)60(91)48(42-79)109-66/h47-49,56-67,77-80,90-95H,5-43H2,1-4H3,(H,68,84)(H,69,85)(H,70,86)(H,71,81)(H,72,82)(H,73,83)(H,96,97)(H,98,99). The summed E-state index contributed by atoms with van der Waals surface area (Å²) in [4.78, 5) is 138. The van der Waals surface area contributed by atoms with Crippen molar-refractivity contribution in [2.24, 2.45) is 0 Å². The van der Waals surface area contributed by atoms with E-state index in [4.69, 9.17) is 51.3 Å². The van der Waals surface area contributed by atoms with E-state index >= 15 is 0 Å². The van der Waals surface area contributed by atoms with Gasteiger partial charge in [0.2, 0.25) is 53.2 Å². The number of unbranched alkanes of at least 4 members (excludes halogenated alkanes) is 6. The highest BCUT2D eigenvalue weighted by molar-refractivity contribution is 7.47. The summed E-state index contributed by atoms with van der Waals surface area (Å²) in [6, 6.07) is -3.30. The number of nitrogens with zero attached hydrogens (tertiary/aromatic N) is 3. The lowest BCUT2D eigenvalue weighted by Crippen LogP contribution is -2.64. The predicted molar refractivity (Wildman–Crippen MR) is 388 cm³/mol. The molecular formula is C67H123N9O34P2. The lowest BCUT2D eigenvalue weighted by molar-refractivity contribution is -0.270. The Balaban J connectivity index is 1.48. The first kappa shape index (κ1) is 101. The molecular weight excluding hydrogens is 1540 g/mol. The maximum absolute atomic E-state index is 13.7.